The number of Topliss-reactive ketones (excluding diaryl/α,β-unsaturated/α-hetero) is 1. The molecule has 0 saturated carbocycles. The molecule has 1 aliphatic rings. The van der Waals surface area contributed by atoms with Crippen LogP contribution in [0.1, 0.15) is 25.3 Å². The Balaban J connectivity index is 2.01. The molecule has 2 unspecified atom stereocenters. The molecule has 1 saturated heterocycles. The number of nitrogens with zero attached hydrogens (tertiary/aromatic N) is 1. The third-order valence-corrected chi connectivity index (χ3v) is 3.60. The van der Waals surface area contributed by atoms with Crippen LogP contribution in [-0.4, -0.2) is 23.5 Å². The second kappa shape index (κ2) is 5.74. The molecule has 92 valence electrons. The molecule has 2 rings (SSSR count). The highest BCUT2D eigenvalue weighted by Crippen LogP contribution is 2.25. The first-order chi connectivity index (χ1) is 8.20. The van der Waals surface area contributed by atoms with E-state index in [1.165, 1.54) is 0 Å². The van der Waals surface area contributed by atoms with Crippen LogP contribution >= 0.6 is 15.9 Å². The van der Waals surface area contributed by atoms with Crippen molar-refractivity contribution in [2.75, 3.05) is 6.61 Å². The number of aromatic nitrogens is 1. The third kappa shape index (κ3) is 3.13. The van der Waals surface area contributed by atoms with Crippen molar-refractivity contribution in [3.8, 4) is 0 Å². The summed E-state index contributed by atoms with van der Waals surface area (Å²) in [6.07, 6.45) is 5.81. The van der Waals surface area contributed by atoms with Gasteiger partial charge in [0.25, 0.3) is 0 Å². The molecule has 0 N–H and O–H groups in total. The van der Waals surface area contributed by atoms with Gasteiger partial charge in [0.05, 0.1) is 6.10 Å². The molecule has 0 aliphatic carbocycles. The van der Waals surface area contributed by atoms with Crippen molar-refractivity contribution in [2.45, 2.75) is 32.3 Å². The lowest BCUT2D eigenvalue weighted by Gasteiger charge is -2.15. The van der Waals surface area contributed by atoms with Crippen molar-refractivity contribution in [3.05, 3.63) is 28.5 Å². The fourth-order valence-electron chi connectivity index (χ4n) is 2.30. The molecule has 1 aromatic heterocycles. The van der Waals surface area contributed by atoms with Gasteiger partial charge in [0.2, 0.25) is 0 Å². The first-order valence-corrected chi connectivity index (χ1v) is 6.73. The number of hydrogen-bond acceptors (Lipinski definition) is 3. The number of carbonyl (C=O) groups excluding carboxylic acids is 1. The topological polar surface area (TPSA) is 39.2 Å². The highest BCUT2D eigenvalue weighted by molar-refractivity contribution is 9.10. The van der Waals surface area contributed by atoms with Crippen LogP contribution < -0.4 is 0 Å². The summed E-state index contributed by atoms with van der Waals surface area (Å²) in [4.78, 5) is 16.2. The monoisotopic (exact) mass is 297 g/mol. The van der Waals surface area contributed by atoms with Gasteiger partial charge in [-0.15, -0.1) is 0 Å². The molecule has 0 amide bonds. The molecular weight excluding hydrogens is 282 g/mol. The van der Waals surface area contributed by atoms with Gasteiger partial charge in [-0.3, -0.25) is 9.78 Å². The molecule has 4 heteroatoms. The Kier molecular flexibility index (Phi) is 4.29. The lowest BCUT2D eigenvalue weighted by atomic mass is 9.91. The average Bonchev–Trinajstić information content (AvgIpc) is 2.77. The van der Waals surface area contributed by atoms with Gasteiger partial charge in [-0.1, -0.05) is 6.92 Å². The number of pyridine rings is 1. The Morgan fingerprint density at radius 1 is 1.59 bits per heavy atom. The zero-order chi connectivity index (χ0) is 12.3. The lowest BCUT2D eigenvalue weighted by Crippen LogP contribution is -2.25. The maximum Gasteiger partial charge on any atom is 0.143 e. The largest absolute Gasteiger partial charge is 0.377 e. The van der Waals surface area contributed by atoms with Gasteiger partial charge < -0.3 is 4.74 Å². The summed E-state index contributed by atoms with van der Waals surface area (Å²) in [5.41, 5.74) is 0.964. The molecular formula is C13H16BrNO2. The highest BCUT2D eigenvalue weighted by Gasteiger charge is 2.32. The average molecular weight is 298 g/mol. The molecule has 3 nitrogen and oxygen atoms in total. The summed E-state index contributed by atoms with van der Waals surface area (Å²) < 4.78 is 6.47. The van der Waals surface area contributed by atoms with E-state index in [0.717, 1.165) is 22.9 Å². The molecule has 0 radical (unpaired) electrons. The summed E-state index contributed by atoms with van der Waals surface area (Å²) in [7, 11) is 0. The van der Waals surface area contributed by atoms with Gasteiger partial charge in [-0.2, -0.15) is 0 Å². The SMILES string of the molecule is CCC1OCCC1C(=O)Cc1cncc(Br)c1. The second-order valence-corrected chi connectivity index (χ2v) is 5.28. The molecule has 2 atom stereocenters. The van der Waals surface area contributed by atoms with Gasteiger partial charge in [0, 0.05) is 35.8 Å². The van der Waals surface area contributed by atoms with Gasteiger partial charge in [0.1, 0.15) is 5.78 Å². The van der Waals surface area contributed by atoms with Crippen molar-refractivity contribution in [2.24, 2.45) is 5.92 Å². The minimum Gasteiger partial charge on any atom is -0.377 e. The molecule has 0 aromatic carbocycles. The summed E-state index contributed by atoms with van der Waals surface area (Å²) in [6, 6.07) is 1.95. The smallest absolute Gasteiger partial charge is 0.143 e. The van der Waals surface area contributed by atoms with E-state index in [9.17, 15) is 4.79 Å². The van der Waals surface area contributed by atoms with Crippen LogP contribution in [0.5, 0.6) is 0 Å². The number of ketones is 1. The first-order valence-electron chi connectivity index (χ1n) is 5.94. The van der Waals surface area contributed by atoms with Crippen LogP contribution in [0.25, 0.3) is 0 Å². The minimum absolute atomic E-state index is 0.0685. The van der Waals surface area contributed by atoms with Crippen molar-refractivity contribution < 1.29 is 9.53 Å². The maximum absolute atomic E-state index is 12.2. The second-order valence-electron chi connectivity index (χ2n) is 4.37. The number of rotatable bonds is 4. The van der Waals surface area contributed by atoms with E-state index in [0.29, 0.717) is 13.0 Å². The molecule has 2 heterocycles. The van der Waals surface area contributed by atoms with E-state index < -0.39 is 0 Å². The molecule has 1 aliphatic heterocycles. The number of carbonyl (C=O) groups is 1. The van der Waals surface area contributed by atoms with Gasteiger partial charge in [-0.05, 0) is 40.4 Å². The normalized spacial score (nSPS) is 23.9. The zero-order valence-corrected chi connectivity index (χ0v) is 11.4. The van der Waals surface area contributed by atoms with Crippen LogP contribution in [0, 0.1) is 5.92 Å². The molecule has 17 heavy (non-hydrogen) atoms. The summed E-state index contributed by atoms with van der Waals surface area (Å²) in [6.45, 7) is 2.78. The Morgan fingerprint density at radius 2 is 2.41 bits per heavy atom. The van der Waals surface area contributed by atoms with Crippen LogP contribution in [0.2, 0.25) is 0 Å². The van der Waals surface area contributed by atoms with Crippen LogP contribution in [0.15, 0.2) is 22.9 Å². The van der Waals surface area contributed by atoms with Gasteiger partial charge in [-0.25, -0.2) is 0 Å². The van der Waals surface area contributed by atoms with Crippen LogP contribution in [-0.2, 0) is 16.0 Å². The van der Waals surface area contributed by atoms with Crippen LogP contribution in [0.3, 0.4) is 0 Å². The molecule has 0 spiro atoms. The van der Waals surface area contributed by atoms with Crippen molar-refractivity contribution in [1.29, 1.82) is 0 Å². The molecule has 1 fully saturated rings. The Labute approximate surface area is 110 Å². The highest BCUT2D eigenvalue weighted by atomic mass is 79.9. The number of halogens is 1. The maximum atomic E-state index is 12.2. The van der Waals surface area contributed by atoms with Crippen molar-refractivity contribution in [1.82, 2.24) is 4.98 Å². The Morgan fingerprint density at radius 3 is 3.12 bits per heavy atom. The zero-order valence-electron chi connectivity index (χ0n) is 9.86. The van der Waals surface area contributed by atoms with E-state index >= 15 is 0 Å². The summed E-state index contributed by atoms with van der Waals surface area (Å²) in [5.74, 6) is 0.341. The van der Waals surface area contributed by atoms with E-state index in [2.05, 4.69) is 27.8 Å². The standard InChI is InChI=1S/C13H16BrNO2/c1-2-13-11(3-4-17-13)12(16)6-9-5-10(14)8-15-7-9/h5,7-8,11,13H,2-4,6H2,1H3. The number of ether oxygens (including phenoxy) is 1. The molecule has 1 aromatic rings. The van der Waals surface area contributed by atoms with E-state index in [4.69, 9.17) is 4.74 Å². The van der Waals surface area contributed by atoms with Crippen molar-refractivity contribution in [3.63, 3.8) is 0 Å². The van der Waals surface area contributed by atoms with Gasteiger partial charge in [0.15, 0.2) is 0 Å². The fraction of sp³-hybridized carbons (Fsp3) is 0.538. The van der Waals surface area contributed by atoms with E-state index in [-0.39, 0.29) is 17.8 Å². The summed E-state index contributed by atoms with van der Waals surface area (Å²) in [5, 5.41) is 0. The number of hydrogen-bond donors (Lipinski definition) is 0. The Bertz CT molecular complexity index is 408. The quantitative estimate of drug-likeness (QED) is 0.858. The predicted octanol–water partition coefficient (Wildman–Crippen LogP) is 2.77. The van der Waals surface area contributed by atoms with Crippen LogP contribution in [0.4, 0.5) is 0 Å². The van der Waals surface area contributed by atoms with E-state index in [1.54, 1.807) is 12.4 Å². The Hall–Kier alpha value is -0.740. The summed E-state index contributed by atoms with van der Waals surface area (Å²) >= 11 is 3.36. The lowest BCUT2D eigenvalue weighted by molar-refractivity contribution is -0.123. The fourth-order valence-corrected chi connectivity index (χ4v) is 2.72. The molecule has 0 bridgehead atoms. The van der Waals surface area contributed by atoms with Crippen molar-refractivity contribution >= 4 is 21.7 Å². The van der Waals surface area contributed by atoms with E-state index in [1.807, 2.05) is 6.07 Å². The predicted molar refractivity (Wildman–Crippen MR) is 68.8 cm³/mol. The minimum atomic E-state index is 0.0685. The van der Waals surface area contributed by atoms with Gasteiger partial charge >= 0.3 is 0 Å². The first kappa shape index (κ1) is 12.7. The third-order valence-electron chi connectivity index (χ3n) is 3.17.